The maximum Gasteiger partial charge on any atom is 0.293 e. The van der Waals surface area contributed by atoms with Gasteiger partial charge < -0.3 is 15.4 Å². The molecule has 4 N–H and O–H groups in total. The topological polar surface area (TPSA) is 130 Å². The van der Waals surface area contributed by atoms with E-state index in [1.807, 2.05) is 6.92 Å². The predicted molar refractivity (Wildman–Crippen MR) is 223 cm³/mol. The van der Waals surface area contributed by atoms with Crippen LogP contribution in [-0.4, -0.2) is 44.4 Å². The van der Waals surface area contributed by atoms with Crippen LogP contribution in [0, 0.1) is 29.9 Å². The maximum absolute atomic E-state index is 15.5. The Balaban J connectivity index is 1.34. The van der Waals surface area contributed by atoms with Crippen LogP contribution in [0.2, 0.25) is 10.0 Å². The van der Waals surface area contributed by atoms with Gasteiger partial charge in [-0.05, 0) is 90.0 Å². The zero-order valence-corrected chi connectivity index (χ0v) is 34.6. The lowest BCUT2D eigenvalue weighted by Crippen LogP contribution is -2.38. The van der Waals surface area contributed by atoms with Crippen molar-refractivity contribution in [3.63, 3.8) is 0 Å². The monoisotopic (exact) mass is 898 g/mol. The highest BCUT2D eigenvalue weighted by Crippen LogP contribution is 2.68. The van der Waals surface area contributed by atoms with Gasteiger partial charge in [0.25, 0.3) is 17.9 Å². The number of hydrogen-bond acceptors (Lipinski definition) is 7. The Morgan fingerprint density at radius 2 is 1.79 bits per heavy atom. The normalized spacial score (nSPS) is 16.7. The molecule has 6 aromatic rings. The number of amidine groups is 1. The van der Waals surface area contributed by atoms with Crippen molar-refractivity contribution in [2.45, 2.75) is 50.6 Å². The Morgan fingerprint density at radius 3 is 2.46 bits per heavy atom. The van der Waals surface area contributed by atoms with E-state index < -0.39 is 77.7 Å². The third-order valence-electron chi connectivity index (χ3n) is 10.9. The van der Waals surface area contributed by atoms with E-state index in [4.69, 9.17) is 33.6 Å². The van der Waals surface area contributed by atoms with Crippen molar-refractivity contribution in [3.8, 4) is 16.8 Å². The number of amides is 1. The Morgan fingerprint density at radius 1 is 1.05 bits per heavy atom. The summed E-state index contributed by atoms with van der Waals surface area (Å²) in [7, 11) is 1.54. The molecular weight excluding hydrogens is 865 g/mol. The lowest BCUT2D eigenvalue weighted by molar-refractivity contribution is -0.123. The van der Waals surface area contributed by atoms with E-state index in [-0.39, 0.29) is 62.1 Å². The SMILES string of the molecule is CNc1c(-n2c(C(Cc3cc(F)cc(F)c3)NC(=O)Cn3nc(C(F)F)c4c3C(F)(F)C3CC43)nc3cc(-c4ccc(Cl)cc4C)ccc3c2=O)ccc(Cl)c1C(=N)NSC. The smallest absolute Gasteiger partial charge is 0.293 e. The molecule has 8 rings (SSSR count). The first-order valence-electron chi connectivity index (χ1n) is 18.7. The fourth-order valence-corrected chi connectivity index (χ4v) is 9.10. The number of alkyl halides is 4. The molecule has 0 saturated heterocycles. The summed E-state index contributed by atoms with van der Waals surface area (Å²) in [5, 5.41) is 19.0. The first kappa shape index (κ1) is 42.2. The summed E-state index contributed by atoms with van der Waals surface area (Å²) in [6, 6.07) is 14.4. The number of benzene rings is 4. The van der Waals surface area contributed by atoms with Gasteiger partial charge in [0, 0.05) is 42.3 Å². The van der Waals surface area contributed by atoms with Gasteiger partial charge in [-0.3, -0.25) is 24.2 Å². The van der Waals surface area contributed by atoms with Gasteiger partial charge in [-0.15, -0.1) is 0 Å². The van der Waals surface area contributed by atoms with Crippen molar-refractivity contribution in [1.82, 2.24) is 29.4 Å². The molecule has 4 aromatic carbocycles. The van der Waals surface area contributed by atoms with Crippen LogP contribution in [0.15, 0.2) is 71.5 Å². The number of hydrogen-bond donors (Lipinski definition) is 4. The Labute approximate surface area is 358 Å². The summed E-state index contributed by atoms with van der Waals surface area (Å²) in [5.41, 5.74) is 0.334. The minimum Gasteiger partial charge on any atom is -0.386 e. The first-order valence-corrected chi connectivity index (χ1v) is 20.7. The summed E-state index contributed by atoms with van der Waals surface area (Å²) in [6.07, 6.45) is -1.88. The van der Waals surface area contributed by atoms with Gasteiger partial charge in [0.15, 0.2) is 0 Å². The average Bonchev–Trinajstić information content (AvgIpc) is 3.85. The molecule has 1 amide bonds. The number of aromatic nitrogens is 4. The highest BCUT2D eigenvalue weighted by molar-refractivity contribution is 7.97. The molecule has 0 radical (unpaired) electrons. The summed E-state index contributed by atoms with van der Waals surface area (Å²) in [6.45, 7) is 0.908. The minimum atomic E-state index is -3.52. The summed E-state index contributed by atoms with van der Waals surface area (Å²) < 4.78 is 93.4. The number of rotatable bonds is 12. The van der Waals surface area contributed by atoms with Crippen molar-refractivity contribution in [3.05, 3.63) is 138 Å². The van der Waals surface area contributed by atoms with Crippen LogP contribution in [0.3, 0.4) is 0 Å². The van der Waals surface area contributed by atoms with E-state index in [0.29, 0.717) is 21.3 Å². The van der Waals surface area contributed by atoms with Crippen LogP contribution in [0.4, 0.5) is 32.0 Å². The van der Waals surface area contributed by atoms with Crippen LogP contribution < -0.4 is 20.9 Å². The predicted octanol–water partition coefficient (Wildman–Crippen LogP) is 9.62. The van der Waals surface area contributed by atoms with Crippen molar-refractivity contribution >= 4 is 63.5 Å². The largest absolute Gasteiger partial charge is 0.386 e. The van der Waals surface area contributed by atoms with Gasteiger partial charge in [0.05, 0.1) is 38.9 Å². The van der Waals surface area contributed by atoms with Gasteiger partial charge in [0.1, 0.15) is 41.2 Å². The molecule has 1 fully saturated rings. The summed E-state index contributed by atoms with van der Waals surface area (Å²) in [4.78, 5) is 34.1. The Kier molecular flexibility index (Phi) is 11.1. The lowest BCUT2D eigenvalue weighted by atomic mass is 9.99. The molecule has 2 aliphatic carbocycles. The standard InChI is InChI=1S/C42H34Cl2F6N8O2S/c1-18-10-21(43)5-7-24(18)20-4-6-25-29(14-20)54-40(58(41(25)60)31-9-8-28(44)34(35(31)52-2)39(51)56-61-3)30(13-19-11-22(45)15-23(46)12-19)53-32(59)17-57-37-33(36(55-57)38(47)48)26-16-27(26)42(37,49)50/h4-12,14-15,26-27,30,38,52H,13,16-17H2,1-3H3,(H2,51,56)(H,53,59). The van der Waals surface area contributed by atoms with E-state index in [2.05, 4.69) is 20.5 Å². The molecule has 61 heavy (non-hydrogen) atoms. The van der Waals surface area contributed by atoms with E-state index >= 15 is 8.78 Å². The molecule has 2 aliphatic rings. The van der Waals surface area contributed by atoms with Crippen molar-refractivity contribution in [2.75, 3.05) is 18.6 Å². The summed E-state index contributed by atoms with van der Waals surface area (Å²) in [5.74, 6) is -8.71. The number of nitrogens with zero attached hydrogens (tertiary/aromatic N) is 4. The van der Waals surface area contributed by atoms with E-state index in [1.54, 1.807) is 42.7 Å². The number of carbonyl (C=O) groups excluding carboxylic acids is 1. The molecule has 3 atom stereocenters. The quantitative estimate of drug-likeness (QED) is 0.0417. The number of aryl methyl sites for hydroxylation is 1. The van der Waals surface area contributed by atoms with Crippen LogP contribution in [0.1, 0.15) is 64.3 Å². The van der Waals surface area contributed by atoms with Crippen LogP contribution >= 0.6 is 35.1 Å². The second-order valence-electron chi connectivity index (χ2n) is 14.8. The van der Waals surface area contributed by atoms with Crippen LogP contribution in [0.5, 0.6) is 0 Å². The highest BCUT2D eigenvalue weighted by atomic mass is 35.5. The maximum atomic E-state index is 15.5. The fourth-order valence-electron chi connectivity index (χ4n) is 8.32. The van der Waals surface area contributed by atoms with Crippen molar-refractivity contribution in [1.29, 1.82) is 5.41 Å². The van der Waals surface area contributed by atoms with Gasteiger partial charge in [-0.2, -0.15) is 13.9 Å². The number of fused-ring (bicyclic) bond motifs is 4. The molecule has 2 heterocycles. The van der Waals surface area contributed by atoms with Gasteiger partial charge in [-0.25, -0.2) is 22.5 Å². The molecule has 0 aliphatic heterocycles. The van der Waals surface area contributed by atoms with Crippen molar-refractivity contribution in [2.24, 2.45) is 5.92 Å². The second-order valence-corrected chi connectivity index (χ2v) is 16.3. The Bertz CT molecular complexity index is 2830. The number of nitrogens with one attached hydrogen (secondary N) is 4. The molecule has 316 valence electrons. The first-order chi connectivity index (χ1) is 29.0. The zero-order chi connectivity index (χ0) is 43.7. The number of anilines is 1. The third kappa shape index (κ3) is 7.60. The minimum absolute atomic E-state index is 0.0115. The van der Waals surface area contributed by atoms with E-state index in [9.17, 15) is 27.2 Å². The Hall–Kier alpha value is -5.52. The molecule has 10 nitrogen and oxygen atoms in total. The molecule has 0 spiro atoms. The molecule has 0 bridgehead atoms. The van der Waals surface area contributed by atoms with Gasteiger partial charge in [0.2, 0.25) is 5.91 Å². The highest BCUT2D eigenvalue weighted by Gasteiger charge is 2.67. The number of halogens is 8. The average molecular weight is 900 g/mol. The van der Waals surface area contributed by atoms with Gasteiger partial charge >= 0.3 is 0 Å². The third-order valence-corrected chi connectivity index (χ3v) is 11.9. The molecular formula is C42H34Cl2F6N8O2S. The second kappa shape index (κ2) is 16.1. The zero-order valence-electron chi connectivity index (χ0n) is 32.3. The fraction of sp³-hybridized carbons (Fsp3) is 0.262. The number of carbonyl (C=O) groups is 1. The molecule has 3 unspecified atom stereocenters. The summed E-state index contributed by atoms with van der Waals surface area (Å²) >= 11 is 14.0. The van der Waals surface area contributed by atoms with Gasteiger partial charge in [-0.1, -0.05) is 47.3 Å². The van der Waals surface area contributed by atoms with Crippen LogP contribution in [-0.2, 0) is 23.7 Å². The molecule has 2 aromatic heterocycles. The molecule has 19 heteroatoms. The van der Waals surface area contributed by atoms with Crippen LogP contribution in [0.25, 0.3) is 27.7 Å². The molecule has 1 saturated carbocycles. The van der Waals surface area contributed by atoms with E-state index in [1.165, 1.54) is 19.2 Å². The van der Waals surface area contributed by atoms with Crippen molar-refractivity contribution < 1.29 is 31.1 Å². The lowest BCUT2D eigenvalue weighted by Gasteiger charge is -2.25. The van der Waals surface area contributed by atoms with E-state index in [0.717, 1.165) is 39.8 Å².